The van der Waals surface area contributed by atoms with Gasteiger partial charge in [0.05, 0.1) is 26.4 Å². The molecule has 9 rings (SSSR count). The molecule has 0 aliphatic carbocycles. The summed E-state index contributed by atoms with van der Waals surface area (Å²) in [4.78, 5) is 4.78. The Morgan fingerprint density at radius 3 is 1.66 bits per heavy atom. The molecule has 204 valence electrons. The fourth-order valence-corrected chi connectivity index (χ4v) is 6.86. The summed E-state index contributed by atoms with van der Waals surface area (Å²) < 4.78 is 24.3. The number of furan rings is 2. The molecular formula is C35H30N2O4. The number of ether oxygens (including phenoxy) is 2. The number of hydrogen-bond donors (Lipinski definition) is 0. The number of aryl methyl sites for hydroxylation is 1. The molecule has 0 radical (unpaired) electrons. The zero-order chi connectivity index (χ0) is 27.1. The number of hydrogen-bond acceptors (Lipinski definition) is 6. The Morgan fingerprint density at radius 1 is 0.512 bits per heavy atom. The molecule has 5 aromatic carbocycles. The van der Waals surface area contributed by atoms with Gasteiger partial charge in [-0.15, -0.1) is 0 Å². The Balaban J connectivity index is 1.21. The van der Waals surface area contributed by atoms with Crippen molar-refractivity contribution < 1.29 is 18.3 Å². The third-order valence-electron chi connectivity index (χ3n) is 9.01. The SMILES string of the molecule is Cc1cc2c3cc4ccc(N5CCOCC5)cc4cc3oc2c2oc3cc4cc(N5CCOCC5)ccc4cc3c12. The first-order valence-corrected chi connectivity index (χ1v) is 14.5. The largest absolute Gasteiger partial charge is 0.452 e. The molecule has 2 fully saturated rings. The van der Waals surface area contributed by atoms with Gasteiger partial charge in [0.2, 0.25) is 0 Å². The lowest BCUT2D eigenvalue weighted by molar-refractivity contribution is 0.122. The molecule has 2 saturated heterocycles. The highest BCUT2D eigenvalue weighted by atomic mass is 16.5. The van der Waals surface area contributed by atoms with Crippen molar-refractivity contribution in [2.24, 2.45) is 0 Å². The maximum absolute atomic E-state index is 6.62. The summed E-state index contributed by atoms with van der Waals surface area (Å²) in [6.45, 7) is 8.97. The molecule has 4 heterocycles. The lowest BCUT2D eigenvalue weighted by Crippen LogP contribution is -2.36. The van der Waals surface area contributed by atoms with Crippen LogP contribution >= 0.6 is 0 Å². The zero-order valence-electron chi connectivity index (χ0n) is 23.0. The van der Waals surface area contributed by atoms with Gasteiger partial charge < -0.3 is 28.1 Å². The standard InChI is InChI=1S/C35H30N2O4/c1-21-14-29-28-17-22-2-4-26(36-6-10-38-11-7-36)15-24(22)19-31(28)40-34(29)35-33(21)30-18-23-3-5-27(37-8-12-39-13-9-37)16-25(23)20-32(30)41-35/h2-5,14-20H,6-13H2,1H3. The fraction of sp³-hybridized carbons (Fsp3) is 0.257. The molecule has 2 aliphatic heterocycles. The normalized spacial score (nSPS) is 16.8. The second kappa shape index (κ2) is 8.87. The minimum atomic E-state index is 0.776. The van der Waals surface area contributed by atoms with Gasteiger partial charge in [-0.25, -0.2) is 0 Å². The summed E-state index contributed by atoms with van der Waals surface area (Å²) in [5.41, 5.74) is 7.08. The molecule has 0 spiro atoms. The summed E-state index contributed by atoms with van der Waals surface area (Å²) in [5, 5.41) is 9.27. The van der Waals surface area contributed by atoms with Crippen molar-refractivity contribution in [2.75, 3.05) is 62.4 Å². The van der Waals surface area contributed by atoms with Crippen LogP contribution in [0.1, 0.15) is 5.56 Å². The number of benzene rings is 5. The number of fused-ring (bicyclic) bond motifs is 9. The summed E-state index contributed by atoms with van der Waals surface area (Å²) >= 11 is 0. The van der Waals surface area contributed by atoms with Crippen molar-refractivity contribution in [3.05, 3.63) is 72.3 Å². The summed E-state index contributed by atoms with van der Waals surface area (Å²) in [6.07, 6.45) is 0. The van der Waals surface area contributed by atoms with Gasteiger partial charge in [0.15, 0.2) is 11.2 Å². The first kappa shape index (κ1) is 23.4. The average molecular weight is 543 g/mol. The van der Waals surface area contributed by atoms with Crippen LogP contribution in [-0.4, -0.2) is 52.6 Å². The van der Waals surface area contributed by atoms with Gasteiger partial charge in [0, 0.05) is 59.1 Å². The van der Waals surface area contributed by atoms with Crippen LogP contribution in [0.2, 0.25) is 0 Å². The summed E-state index contributed by atoms with van der Waals surface area (Å²) in [7, 11) is 0. The molecule has 6 heteroatoms. The number of morpholine rings is 2. The topological polar surface area (TPSA) is 51.2 Å². The summed E-state index contributed by atoms with van der Waals surface area (Å²) in [5.74, 6) is 0. The molecule has 0 atom stereocenters. The monoisotopic (exact) mass is 542 g/mol. The molecule has 2 aliphatic rings. The Bertz CT molecular complexity index is 2150. The molecule has 6 nitrogen and oxygen atoms in total. The maximum atomic E-state index is 6.62. The van der Waals surface area contributed by atoms with Crippen LogP contribution in [0.15, 0.2) is 75.6 Å². The van der Waals surface area contributed by atoms with Gasteiger partial charge in [0.1, 0.15) is 11.2 Å². The van der Waals surface area contributed by atoms with Gasteiger partial charge in [-0.3, -0.25) is 0 Å². The highest BCUT2D eigenvalue weighted by molar-refractivity contribution is 6.22. The van der Waals surface area contributed by atoms with E-state index in [1.54, 1.807) is 0 Å². The van der Waals surface area contributed by atoms with E-state index in [1.807, 2.05) is 0 Å². The van der Waals surface area contributed by atoms with E-state index < -0.39 is 0 Å². The second-order valence-electron chi connectivity index (χ2n) is 11.4. The molecular weight excluding hydrogens is 512 g/mol. The van der Waals surface area contributed by atoms with Gasteiger partial charge in [-0.2, -0.15) is 0 Å². The van der Waals surface area contributed by atoms with E-state index in [1.165, 1.54) is 38.5 Å². The molecule has 0 N–H and O–H groups in total. The van der Waals surface area contributed by atoms with Crippen LogP contribution in [0, 0.1) is 6.92 Å². The molecule has 0 amide bonds. The minimum absolute atomic E-state index is 0.776. The zero-order valence-corrected chi connectivity index (χ0v) is 23.0. The number of nitrogens with zero attached hydrogens (tertiary/aromatic N) is 2. The predicted molar refractivity (Wildman–Crippen MR) is 167 cm³/mol. The van der Waals surface area contributed by atoms with Gasteiger partial charge in [0.25, 0.3) is 0 Å². The van der Waals surface area contributed by atoms with Crippen LogP contribution in [-0.2, 0) is 9.47 Å². The van der Waals surface area contributed by atoms with Crippen molar-refractivity contribution in [2.45, 2.75) is 6.92 Å². The summed E-state index contributed by atoms with van der Waals surface area (Å²) in [6, 6.07) is 24.6. The maximum Gasteiger partial charge on any atom is 0.178 e. The van der Waals surface area contributed by atoms with E-state index in [9.17, 15) is 0 Å². The van der Waals surface area contributed by atoms with Crippen LogP contribution < -0.4 is 9.80 Å². The molecule has 41 heavy (non-hydrogen) atoms. The molecule has 0 saturated carbocycles. The van der Waals surface area contributed by atoms with E-state index in [4.69, 9.17) is 18.3 Å². The van der Waals surface area contributed by atoms with Crippen molar-refractivity contribution in [3.63, 3.8) is 0 Å². The lowest BCUT2D eigenvalue weighted by Gasteiger charge is -2.29. The van der Waals surface area contributed by atoms with Gasteiger partial charge >= 0.3 is 0 Å². The Labute approximate surface area is 236 Å². The van der Waals surface area contributed by atoms with E-state index in [0.717, 1.165) is 96.5 Å². The van der Waals surface area contributed by atoms with Crippen LogP contribution in [0.4, 0.5) is 11.4 Å². The van der Waals surface area contributed by atoms with Crippen molar-refractivity contribution in [1.29, 1.82) is 0 Å². The molecule has 7 aromatic rings. The minimum Gasteiger partial charge on any atom is -0.452 e. The third kappa shape index (κ3) is 3.64. The average Bonchev–Trinajstić information content (AvgIpc) is 3.57. The lowest BCUT2D eigenvalue weighted by atomic mass is 10.00. The quantitative estimate of drug-likeness (QED) is 0.222. The van der Waals surface area contributed by atoms with Gasteiger partial charge in [-0.1, -0.05) is 12.1 Å². The Kier molecular flexibility index (Phi) is 5.07. The predicted octanol–water partition coefficient (Wildman–Crippen LogP) is 7.77. The number of anilines is 2. The Morgan fingerprint density at radius 2 is 1.05 bits per heavy atom. The van der Waals surface area contributed by atoms with Crippen LogP contribution in [0.25, 0.3) is 65.4 Å². The fourth-order valence-electron chi connectivity index (χ4n) is 6.86. The van der Waals surface area contributed by atoms with E-state index in [-0.39, 0.29) is 0 Å². The highest BCUT2D eigenvalue weighted by Gasteiger charge is 2.20. The van der Waals surface area contributed by atoms with Gasteiger partial charge in [-0.05, 0) is 88.6 Å². The van der Waals surface area contributed by atoms with E-state index in [2.05, 4.69) is 83.5 Å². The van der Waals surface area contributed by atoms with Crippen molar-refractivity contribution >= 4 is 76.8 Å². The van der Waals surface area contributed by atoms with Crippen LogP contribution in [0.5, 0.6) is 0 Å². The first-order chi connectivity index (χ1) is 20.2. The van der Waals surface area contributed by atoms with E-state index in [0.29, 0.717) is 0 Å². The Hall–Kier alpha value is -4.26. The number of rotatable bonds is 2. The second-order valence-corrected chi connectivity index (χ2v) is 11.4. The molecule has 2 aromatic heterocycles. The molecule has 0 bridgehead atoms. The van der Waals surface area contributed by atoms with E-state index >= 15 is 0 Å². The van der Waals surface area contributed by atoms with Crippen molar-refractivity contribution in [1.82, 2.24) is 0 Å². The third-order valence-corrected chi connectivity index (χ3v) is 9.01. The van der Waals surface area contributed by atoms with Crippen molar-refractivity contribution in [3.8, 4) is 0 Å². The highest BCUT2D eigenvalue weighted by Crippen LogP contribution is 2.43. The first-order valence-electron chi connectivity index (χ1n) is 14.5. The smallest absolute Gasteiger partial charge is 0.178 e. The molecule has 0 unspecified atom stereocenters. The van der Waals surface area contributed by atoms with Crippen LogP contribution in [0.3, 0.4) is 0 Å².